The molecule has 0 aliphatic heterocycles. The molecule has 6 heteroatoms. The normalized spacial score (nSPS) is 13.7. The molecule has 0 rings (SSSR count). The molecule has 0 saturated heterocycles. The molecule has 0 bridgehead atoms. The number of rotatable bonds is 12. The van der Waals surface area contributed by atoms with Crippen molar-refractivity contribution >= 4 is 11.9 Å². The van der Waals surface area contributed by atoms with Crippen LogP contribution in [0.3, 0.4) is 0 Å². The maximum atomic E-state index is 11.7. The number of hydrogen-bond acceptors (Lipinski definition) is 5. The van der Waals surface area contributed by atoms with Crippen LogP contribution < -0.4 is 0 Å². The predicted octanol–water partition coefficient (Wildman–Crippen LogP) is 3.44. The van der Waals surface area contributed by atoms with Gasteiger partial charge in [-0.15, -0.1) is 0 Å². The van der Waals surface area contributed by atoms with Crippen molar-refractivity contribution in [2.75, 3.05) is 19.8 Å². The smallest absolute Gasteiger partial charge is 0.311 e. The molecule has 1 N–H and O–H groups in total. The average molecular weight is 332 g/mol. The lowest BCUT2D eigenvalue weighted by molar-refractivity contribution is -0.312. The van der Waals surface area contributed by atoms with E-state index in [1.807, 2.05) is 41.5 Å². The minimum atomic E-state index is -0.785. The maximum absolute atomic E-state index is 11.7. The van der Waals surface area contributed by atoms with Gasteiger partial charge in [-0.25, -0.2) is 9.78 Å². The molecular formula is C17H32O6. The molecule has 136 valence electrons. The van der Waals surface area contributed by atoms with Gasteiger partial charge in [0, 0.05) is 0 Å². The van der Waals surface area contributed by atoms with Crippen LogP contribution in [0.25, 0.3) is 0 Å². The van der Waals surface area contributed by atoms with Crippen molar-refractivity contribution in [3.8, 4) is 0 Å². The zero-order valence-corrected chi connectivity index (χ0v) is 15.3. The van der Waals surface area contributed by atoms with Crippen molar-refractivity contribution in [1.29, 1.82) is 0 Å². The highest BCUT2D eigenvalue weighted by atomic mass is 17.2. The van der Waals surface area contributed by atoms with E-state index >= 15 is 0 Å². The molecule has 23 heavy (non-hydrogen) atoms. The molecular weight excluding hydrogens is 300 g/mol. The summed E-state index contributed by atoms with van der Waals surface area (Å²) in [7, 11) is 0. The Morgan fingerprint density at radius 3 is 2.13 bits per heavy atom. The third-order valence-corrected chi connectivity index (χ3v) is 4.01. The molecule has 6 nitrogen and oxygen atoms in total. The molecule has 0 fully saturated rings. The Morgan fingerprint density at radius 2 is 1.65 bits per heavy atom. The van der Waals surface area contributed by atoms with Gasteiger partial charge in [0.25, 0.3) is 0 Å². The highest BCUT2D eigenvalue weighted by Crippen LogP contribution is 2.28. The summed E-state index contributed by atoms with van der Waals surface area (Å²) in [4.78, 5) is 33.0. The number of carbonyl (C=O) groups excluding carboxylic acids is 1. The highest BCUT2D eigenvalue weighted by Gasteiger charge is 2.28. The lowest BCUT2D eigenvalue weighted by Crippen LogP contribution is -2.28. The van der Waals surface area contributed by atoms with Crippen LogP contribution >= 0.6 is 0 Å². The maximum Gasteiger partial charge on any atom is 0.311 e. The monoisotopic (exact) mass is 332 g/mol. The van der Waals surface area contributed by atoms with Crippen molar-refractivity contribution < 1.29 is 29.2 Å². The lowest BCUT2D eigenvalue weighted by Gasteiger charge is -2.26. The molecule has 0 amide bonds. The Bertz CT molecular complexity index is 375. The van der Waals surface area contributed by atoms with Crippen LogP contribution in [0.15, 0.2) is 0 Å². The third-order valence-electron chi connectivity index (χ3n) is 4.01. The molecule has 0 aliphatic carbocycles. The van der Waals surface area contributed by atoms with Crippen molar-refractivity contribution in [2.45, 2.75) is 60.8 Å². The first kappa shape index (κ1) is 21.9. The van der Waals surface area contributed by atoms with E-state index in [-0.39, 0.29) is 37.1 Å². The lowest BCUT2D eigenvalue weighted by atomic mass is 9.82. The van der Waals surface area contributed by atoms with Gasteiger partial charge >= 0.3 is 11.9 Å². The number of hydrogen-bond donors (Lipinski definition) is 1. The molecule has 0 aromatic heterocycles. The van der Waals surface area contributed by atoms with Crippen molar-refractivity contribution in [3.05, 3.63) is 0 Å². The van der Waals surface area contributed by atoms with E-state index in [0.717, 1.165) is 0 Å². The average Bonchev–Trinajstić information content (AvgIpc) is 2.47. The number of carboxylic acid groups (broad SMARTS) is 1. The number of ether oxygens (including phenoxy) is 1. The molecule has 1 unspecified atom stereocenters. The van der Waals surface area contributed by atoms with Crippen LogP contribution in [0.5, 0.6) is 0 Å². The van der Waals surface area contributed by atoms with Crippen molar-refractivity contribution in [3.63, 3.8) is 0 Å². The predicted molar refractivity (Wildman–Crippen MR) is 86.7 cm³/mol. The van der Waals surface area contributed by atoms with Crippen LogP contribution in [0.4, 0.5) is 0 Å². The third kappa shape index (κ3) is 8.91. The van der Waals surface area contributed by atoms with Crippen LogP contribution in [-0.4, -0.2) is 36.9 Å². The van der Waals surface area contributed by atoms with Crippen LogP contribution in [0.2, 0.25) is 0 Å². The summed E-state index contributed by atoms with van der Waals surface area (Å²) in [5, 5.41) is 9.10. The summed E-state index contributed by atoms with van der Waals surface area (Å²) in [6.07, 6.45) is 1.81. The SMILES string of the molecule is CCC(CC(C)(C)COOCCOC(=O)C(C)(C)CC)C(=O)O. The summed E-state index contributed by atoms with van der Waals surface area (Å²) >= 11 is 0. The second-order valence-electron chi connectivity index (χ2n) is 7.27. The fourth-order valence-electron chi connectivity index (χ4n) is 1.90. The Morgan fingerprint density at radius 1 is 1.04 bits per heavy atom. The van der Waals surface area contributed by atoms with Crippen LogP contribution in [0, 0.1) is 16.7 Å². The fraction of sp³-hybridized carbons (Fsp3) is 0.882. The van der Waals surface area contributed by atoms with E-state index in [2.05, 4.69) is 0 Å². The minimum absolute atomic E-state index is 0.134. The number of carbonyl (C=O) groups is 2. The fourth-order valence-corrected chi connectivity index (χ4v) is 1.90. The molecule has 0 radical (unpaired) electrons. The van der Waals surface area contributed by atoms with Gasteiger partial charge in [-0.05, 0) is 38.5 Å². The first-order chi connectivity index (χ1) is 10.6. The highest BCUT2D eigenvalue weighted by molar-refractivity contribution is 5.75. The topological polar surface area (TPSA) is 82.1 Å². The van der Waals surface area contributed by atoms with Gasteiger partial charge < -0.3 is 9.84 Å². The number of aliphatic carboxylic acids is 1. The second-order valence-corrected chi connectivity index (χ2v) is 7.27. The quantitative estimate of drug-likeness (QED) is 0.255. The van der Waals surface area contributed by atoms with Gasteiger partial charge in [0.15, 0.2) is 0 Å². The van der Waals surface area contributed by atoms with E-state index in [9.17, 15) is 9.59 Å². The van der Waals surface area contributed by atoms with Crippen LogP contribution in [0.1, 0.15) is 60.8 Å². The van der Waals surface area contributed by atoms with E-state index in [1.165, 1.54) is 0 Å². The first-order valence-electron chi connectivity index (χ1n) is 8.20. The molecule has 0 saturated carbocycles. The molecule has 0 aliphatic rings. The molecule has 0 aromatic rings. The van der Waals surface area contributed by atoms with Gasteiger partial charge in [-0.1, -0.05) is 27.7 Å². The van der Waals surface area contributed by atoms with Crippen molar-refractivity contribution in [1.82, 2.24) is 0 Å². The zero-order valence-electron chi connectivity index (χ0n) is 15.3. The van der Waals surface area contributed by atoms with E-state index in [4.69, 9.17) is 19.6 Å². The molecule has 0 heterocycles. The van der Waals surface area contributed by atoms with Gasteiger partial charge in [-0.2, -0.15) is 0 Å². The number of esters is 1. The van der Waals surface area contributed by atoms with E-state index in [1.54, 1.807) is 0 Å². The first-order valence-corrected chi connectivity index (χ1v) is 8.20. The largest absolute Gasteiger partial charge is 0.481 e. The summed E-state index contributed by atoms with van der Waals surface area (Å²) in [6, 6.07) is 0. The van der Waals surface area contributed by atoms with Crippen molar-refractivity contribution in [2.24, 2.45) is 16.7 Å². The van der Waals surface area contributed by atoms with E-state index < -0.39 is 11.4 Å². The van der Waals surface area contributed by atoms with Crippen LogP contribution in [-0.2, 0) is 24.1 Å². The molecule has 0 spiro atoms. The van der Waals surface area contributed by atoms with Gasteiger partial charge in [0.05, 0.1) is 17.9 Å². The van der Waals surface area contributed by atoms with E-state index in [0.29, 0.717) is 19.3 Å². The molecule has 0 aromatic carbocycles. The van der Waals surface area contributed by atoms with Gasteiger partial charge in [0.1, 0.15) is 13.2 Å². The zero-order chi connectivity index (χ0) is 18.1. The summed E-state index contributed by atoms with van der Waals surface area (Å²) < 4.78 is 5.12. The Hall–Kier alpha value is -1.14. The summed E-state index contributed by atoms with van der Waals surface area (Å²) in [5.74, 6) is -1.42. The van der Waals surface area contributed by atoms with Gasteiger partial charge in [-0.3, -0.25) is 9.59 Å². The Labute approximate surface area is 139 Å². The summed E-state index contributed by atoms with van der Waals surface area (Å²) in [5.41, 5.74) is -0.797. The standard InChI is InChI=1S/C17H32O6/c1-7-13(14(18)19)11-16(3,4)12-23-22-10-9-21-15(20)17(5,6)8-2/h13H,7-12H2,1-6H3,(H,18,19). The van der Waals surface area contributed by atoms with Gasteiger partial charge in [0.2, 0.25) is 0 Å². The Balaban J connectivity index is 3.95. The molecule has 1 atom stereocenters. The summed E-state index contributed by atoms with van der Waals surface area (Å²) in [6.45, 7) is 11.9. The minimum Gasteiger partial charge on any atom is -0.481 e. The number of carboxylic acids is 1. The Kier molecular flexibility index (Phi) is 9.39. The second kappa shape index (κ2) is 9.88.